The van der Waals surface area contributed by atoms with E-state index in [1.165, 1.54) is 6.07 Å². The minimum Gasteiger partial charge on any atom is -0.393 e. The van der Waals surface area contributed by atoms with Crippen LogP contribution in [0.5, 0.6) is 0 Å². The lowest BCUT2D eigenvalue weighted by Crippen LogP contribution is -2.57. The zero-order chi connectivity index (χ0) is 25.9. The number of halogens is 3. The molecule has 4 aliphatic rings. The van der Waals surface area contributed by atoms with Crippen molar-refractivity contribution < 1.29 is 19.1 Å². The molecule has 3 fully saturated rings. The Kier molecular flexibility index (Phi) is 6.38. The molecule has 6 rings (SSSR count). The number of Topliss-reactive ketones (excluding diaryl/α,β-unsaturated/α-hetero) is 1. The van der Waals surface area contributed by atoms with Gasteiger partial charge in [-0.25, -0.2) is 4.39 Å². The summed E-state index contributed by atoms with van der Waals surface area (Å²) in [6.45, 7) is 0. The summed E-state index contributed by atoms with van der Waals surface area (Å²) in [5.74, 6) is -1.42. The lowest BCUT2D eigenvalue weighted by Gasteiger charge is -2.42. The minimum absolute atomic E-state index is 0.0101. The predicted molar refractivity (Wildman–Crippen MR) is 142 cm³/mol. The summed E-state index contributed by atoms with van der Waals surface area (Å²) in [4.78, 5) is 28.3. The number of amides is 1. The van der Waals surface area contributed by atoms with Crippen LogP contribution in [0.1, 0.15) is 74.8 Å². The van der Waals surface area contributed by atoms with E-state index in [4.69, 9.17) is 23.2 Å². The molecular formula is C29H31Cl2FN2O3. The number of hydrogen-bond acceptors (Lipinski definition) is 4. The molecule has 2 aliphatic heterocycles. The van der Waals surface area contributed by atoms with E-state index in [1.807, 2.05) is 6.07 Å². The molecule has 3 atom stereocenters. The molecule has 37 heavy (non-hydrogen) atoms. The van der Waals surface area contributed by atoms with Crippen molar-refractivity contribution in [1.82, 2.24) is 5.32 Å². The molecule has 5 nitrogen and oxygen atoms in total. The molecule has 2 heterocycles. The number of benzene rings is 2. The minimum atomic E-state index is -1.18. The van der Waals surface area contributed by atoms with Crippen LogP contribution in [0.2, 0.25) is 10.0 Å². The lowest BCUT2D eigenvalue weighted by molar-refractivity contribution is -0.123. The van der Waals surface area contributed by atoms with Gasteiger partial charge in [-0.1, -0.05) is 54.2 Å². The smallest absolute Gasteiger partial charge is 0.237 e. The number of aliphatic hydroxyl groups excluding tert-OH is 1. The van der Waals surface area contributed by atoms with E-state index >= 15 is 4.39 Å². The van der Waals surface area contributed by atoms with Crippen molar-refractivity contribution in [2.24, 2.45) is 5.92 Å². The van der Waals surface area contributed by atoms with Crippen molar-refractivity contribution in [1.29, 1.82) is 0 Å². The Morgan fingerprint density at radius 2 is 1.81 bits per heavy atom. The molecule has 1 amide bonds. The molecule has 0 aromatic heterocycles. The van der Waals surface area contributed by atoms with Crippen molar-refractivity contribution in [3.63, 3.8) is 0 Å². The number of rotatable bonds is 4. The Bertz CT molecular complexity index is 1260. The van der Waals surface area contributed by atoms with Gasteiger partial charge in [0.1, 0.15) is 11.2 Å². The number of nitrogens with one attached hydrogen (secondary N) is 2. The molecule has 0 bridgehead atoms. The summed E-state index contributed by atoms with van der Waals surface area (Å²) in [5.41, 5.74) is -0.209. The second-order valence-electron chi connectivity index (χ2n) is 11.3. The standard InChI is InChI=1S/C29H31Cl2FN2O3/c30-17-8-11-20-22(15-17)33-27(37)29(20)24(19-4-3-5-21(31)25(19)32)26(34-28(29)12-1-2-13-28)23(36)14-16-6-9-18(35)10-7-16/h3-5,8,11,15-16,18,24,26,34-35H,1-2,6-7,9-10,12-14H2,(H,33,37)/t16?,18?,24-,26-,29+/m0/s1. The number of carbonyl (C=O) groups is 2. The molecule has 0 radical (unpaired) electrons. The molecule has 3 N–H and O–H groups in total. The first-order chi connectivity index (χ1) is 17.8. The molecule has 8 heteroatoms. The maximum atomic E-state index is 15.8. The monoisotopic (exact) mass is 544 g/mol. The normalized spacial score (nSPS) is 32.2. The third kappa shape index (κ3) is 3.78. The topological polar surface area (TPSA) is 78.4 Å². The zero-order valence-corrected chi connectivity index (χ0v) is 22.0. The van der Waals surface area contributed by atoms with E-state index in [0.717, 1.165) is 31.2 Å². The summed E-state index contributed by atoms with van der Waals surface area (Å²) in [5, 5.41) is 17.1. The molecule has 1 saturated heterocycles. The maximum Gasteiger partial charge on any atom is 0.237 e. The zero-order valence-electron chi connectivity index (χ0n) is 20.5. The largest absolute Gasteiger partial charge is 0.393 e. The quantitative estimate of drug-likeness (QED) is 0.447. The van der Waals surface area contributed by atoms with Gasteiger partial charge in [0, 0.05) is 28.6 Å². The van der Waals surface area contributed by atoms with Gasteiger partial charge in [0.2, 0.25) is 5.91 Å². The van der Waals surface area contributed by atoms with Crippen LogP contribution in [0, 0.1) is 11.7 Å². The van der Waals surface area contributed by atoms with E-state index < -0.39 is 28.7 Å². The van der Waals surface area contributed by atoms with Gasteiger partial charge >= 0.3 is 0 Å². The van der Waals surface area contributed by atoms with Gasteiger partial charge < -0.3 is 10.4 Å². The van der Waals surface area contributed by atoms with Gasteiger partial charge in [-0.3, -0.25) is 14.9 Å². The highest BCUT2D eigenvalue weighted by Crippen LogP contribution is 2.63. The van der Waals surface area contributed by atoms with Gasteiger partial charge in [0.15, 0.2) is 5.78 Å². The maximum absolute atomic E-state index is 15.8. The predicted octanol–water partition coefficient (Wildman–Crippen LogP) is 5.90. The fraction of sp³-hybridized carbons (Fsp3) is 0.517. The summed E-state index contributed by atoms with van der Waals surface area (Å²) in [7, 11) is 0. The van der Waals surface area contributed by atoms with E-state index in [0.29, 0.717) is 48.4 Å². The Balaban J connectivity index is 1.52. The molecule has 2 spiro atoms. The summed E-state index contributed by atoms with van der Waals surface area (Å²) < 4.78 is 15.8. The van der Waals surface area contributed by atoms with E-state index in [9.17, 15) is 14.7 Å². The highest BCUT2D eigenvalue weighted by molar-refractivity contribution is 6.31. The van der Waals surface area contributed by atoms with Crippen molar-refractivity contribution in [2.75, 3.05) is 5.32 Å². The van der Waals surface area contributed by atoms with E-state index in [1.54, 1.807) is 24.3 Å². The fourth-order valence-corrected chi connectivity index (χ4v) is 8.20. The van der Waals surface area contributed by atoms with Crippen molar-refractivity contribution >= 4 is 40.6 Å². The highest BCUT2D eigenvalue weighted by Gasteiger charge is 2.72. The van der Waals surface area contributed by atoms with Crippen LogP contribution in [0.4, 0.5) is 10.1 Å². The number of hydrogen-bond donors (Lipinski definition) is 3. The lowest BCUT2D eigenvalue weighted by atomic mass is 9.58. The van der Waals surface area contributed by atoms with Gasteiger partial charge in [-0.15, -0.1) is 0 Å². The van der Waals surface area contributed by atoms with Crippen molar-refractivity contribution in [3.8, 4) is 0 Å². The first-order valence-electron chi connectivity index (χ1n) is 13.3. The average molecular weight is 545 g/mol. The Hall–Kier alpha value is -1.99. The van der Waals surface area contributed by atoms with E-state index in [-0.39, 0.29) is 28.7 Å². The first kappa shape index (κ1) is 25.3. The second kappa shape index (κ2) is 9.33. The highest BCUT2D eigenvalue weighted by atomic mass is 35.5. The number of ketones is 1. The van der Waals surface area contributed by atoms with Crippen molar-refractivity contribution in [3.05, 3.63) is 63.4 Å². The van der Waals surface area contributed by atoms with Crippen LogP contribution < -0.4 is 10.6 Å². The SMILES string of the molecule is O=C(CC1CCC(O)CC1)[C@@H]1NC2(CCCC2)[C@@]2(C(=O)Nc3cc(Cl)ccc32)[C@H]1c1cccc(Cl)c1F. The van der Waals surface area contributed by atoms with Gasteiger partial charge in [0.05, 0.1) is 17.2 Å². The van der Waals surface area contributed by atoms with Crippen LogP contribution in [0.3, 0.4) is 0 Å². The van der Waals surface area contributed by atoms with Crippen LogP contribution in [0.15, 0.2) is 36.4 Å². The third-order valence-corrected chi connectivity index (χ3v) is 9.95. The van der Waals surface area contributed by atoms with Crippen LogP contribution in [-0.4, -0.2) is 34.5 Å². The molecule has 2 aromatic rings. The molecule has 2 aromatic carbocycles. The molecule has 0 unspecified atom stereocenters. The Morgan fingerprint density at radius 1 is 1.08 bits per heavy atom. The number of carbonyl (C=O) groups excluding carboxylic acids is 2. The molecular weight excluding hydrogens is 514 g/mol. The average Bonchev–Trinajstić information content (AvgIpc) is 3.54. The summed E-state index contributed by atoms with van der Waals surface area (Å²) in [6.07, 6.45) is 6.22. The number of anilines is 1. The first-order valence-corrected chi connectivity index (χ1v) is 14.1. The summed E-state index contributed by atoms with van der Waals surface area (Å²) >= 11 is 12.6. The molecule has 2 aliphatic carbocycles. The molecule has 2 saturated carbocycles. The summed E-state index contributed by atoms with van der Waals surface area (Å²) in [6, 6.07) is 9.47. The number of fused-ring (bicyclic) bond motifs is 3. The van der Waals surface area contributed by atoms with Crippen LogP contribution in [-0.2, 0) is 15.0 Å². The van der Waals surface area contributed by atoms with Gasteiger partial charge in [0.25, 0.3) is 0 Å². The van der Waals surface area contributed by atoms with Gasteiger partial charge in [-0.05, 0) is 73.8 Å². The fourth-order valence-electron chi connectivity index (χ4n) is 7.85. The van der Waals surface area contributed by atoms with Crippen LogP contribution >= 0.6 is 23.2 Å². The second-order valence-corrected chi connectivity index (χ2v) is 12.2. The Morgan fingerprint density at radius 3 is 2.54 bits per heavy atom. The Labute approximate surface area is 226 Å². The van der Waals surface area contributed by atoms with E-state index in [2.05, 4.69) is 10.6 Å². The third-order valence-electron chi connectivity index (χ3n) is 9.43. The van der Waals surface area contributed by atoms with Crippen molar-refractivity contribution in [2.45, 2.75) is 86.8 Å². The number of aliphatic hydroxyl groups is 1. The van der Waals surface area contributed by atoms with Crippen LogP contribution in [0.25, 0.3) is 0 Å². The van der Waals surface area contributed by atoms with Gasteiger partial charge in [-0.2, -0.15) is 0 Å². The molecule has 196 valence electrons.